The van der Waals surface area contributed by atoms with Gasteiger partial charge in [0.05, 0.1) is 19.0 Å². The molecule has 10 heteroatoms. The summed E-state index contributed by atoms with van der Waals surface area (Å²) < 4.78 is 5.46. The average molecular weight is 616 g/mol. The Hall–Kier alpha value is -3.92. The van der Waals surface area contributed by atoms with Gasteiger partial charge < -0.3 is 19.9 Å². The fraction of sp³-hybridized carbons (Fsp3) is 0.273. The van der Waals surface area contributed by atoms with Crippen LogP contribution in [0.15, 0.2) is 90.1 Å². The van der Waals surface area contributed by atoms with Gasteiger partial charge in [0, 0.05) is 47.4 Å². The Bertz CT molecular complexity index is 1510. The first-order valence-electron chi connectivity index (χ1n) is 14.1. The van der Waals surface area contributed by atoms with Gasteiger partial charge >= 0.3 is 0 Å². The van der Waals surface area contributed by atoms with Crippen molar-refractivity contribution >= 4 is 46.6 Å². The Morgan fingerprint density at radius 3 is 2.26 bits per heavy atom. The highest BCUT2D eigenvalue weighted by Crippen LogP contribution is 2.28. The van der Waals surface area contributed by atoms with Gasteiger partial charge in [-0.3, -0.25) is 9.59 Å². The minimum atomic E-state index is -0.885. The topological polar surface area (TPSA) is 87.7 Å². The first kappa shape index (κ1) is 30.5. The number of aromatic nitrogens is 2. The van der Waals surface area contributed by atoms with Crippen molar-refractivity contribution in [3.63, 3.8) is 0 Å². The molecule has 1 aromatic heterocycles. The Balaban J connectivity index is 1.42. The quantitative estimate of drug-likeness (QED) is 0.171. The standard InChI is InChI=1S/C33H34ClN5O3S/c1-23-20-24(2)36-33(35-23)43-22-30(40)39(21-25-8-10-27(34)11-9-25)31(26-6-4-3-5-7-26)32(41)37-28-12-14-29(15-13-28)38-16-18-42-19-17-38/h3-15,20,31H,16-19,21-22H2,1-2H3,(H,37,41). The predicted octanol–water partition coefficient (Wildman–Crippen LogP) is 6.08. The highest BCUT2D eigenvalue weighted by atomic mass is 35.5. The van der Waals surface area contributed by atoms with Gasteiger partial charge in [0.2, 0.25) is 5.91 Å². The van der Waals surface area contributed by atoms with E-state index in [0.29, 0.717) is 34.6 Å². The van der Waals surface area contributed by atoms with E-state index in [-0.39, 0.29) is 24.1 Å². The zero-order chi connectivity index (χ0) is 30.2. The summed E-state index contributed by atoms with van der Waals surface area (Å²) in [6, 6.07) is 25.5. The zero-order valence-electron chi connectivity index (χ0n) is 24.2. The van der Waals surface area contributed by atoms with Crippen LogP contribution in [-0.2, 0) is 20.9 Å². The molecule has 1 aliphatic heterocycles. The van der Waals surface area contributed by atoms with Crippen LogP contribution in [0.5, 0.6) is 0 Å². The number of rotatable bonds is 10. The second-order valence-electron chi connectivity index (χ2n) is 10.3. The summed E-state index contributed by atoms with van der Waals surface area (Å²) in [5.41, 5.74) is 4.96. The van der Waals surface area contributed by atoms with E-state index in [2.05, 4.69) is 20.2 Å². The first-order valence-corrected chi connectivity index (χ1v) is 15.5. The molecule has 1 unspecified atom stereocenters. The molecule has 1 saturated heterocycles. The summed E-state index contributed by atoms with van der Waals surface area (Å²) in [4.78, 5) is 40.9. The smallest absolute Gasteiger partial charge is 0.251 e. The van der Waals surface area contributed by atoms with Gasteiger partial charge in [-0.05, 0) is 67.4 Å². The number of benzene rings is 3. The van der Waals surface area contributed by atoms with Crippen LogP contribution >= 0.6 is 23.4 Å². The number of anilines is 2. The molecule has 8 nitrogen and oxygen atoms in total. The first-order chi connectivity index (χ1) is 20.9. The third kappa shape index (κ3) is 8.34. The molecule has 0 bridgehead atoms. The van der Waals surface area contributed by atoms with E-state index in [0.717, 1.165) is 35.7 Å². The third-order valence-corrected chi connectivity index (χ3v) is 8.14. The Kier molecular flexibility index (Phi) is 10.3. The van der Waals surface area contributed by atoms with Crippen molar-refractivity contribution in [3.8, 4) is 0 Å². The number of carbonyl (C=O) groups is 2. The lowest BCUT2D eigenvalue weighted by Crippen LogP contribution is -2.41. The van der Waals surface area contributed by atoms with Crippen LogP contribution in [0.25, 0.3) is 0 Å². The van der Waals surface area contributed by atoms with Gasteiger partial charge in [0.25, 0.3) is 5.91 Å². The highest BCUT2D eigenvalue weighted by molar-refractivity contribution is 7.99. The number of carbonyl (C=O) groups excluding carboxylic acids is 2. The van der Waals surface area contributed by atoms with Crippen molar-refractivity contribution in [2.75, 3.05) is 42.3 Å². The van der Waals surface area contributed by atoms with Crippen LogP contribution in [0, 0.1) is 13.8 Å². The van der Waals surface area contributed by atoms with Gasteiger partial charge in [-0.1, -0.05) is 65.8 Å². The molecule has 43 heavy (non-hydrogen) atoms. The van der Waals surface area contributed by atoms with Crippen LogP contribution in [0.3, 0.4) is 0 Å². The van der Waals surface area contributed by atoms with E-state index in [1.165, 1.54) is 11.8 Å². The normalized spacial score (nSPS) is 13.8. The van der Waals surface area contributed by atoms with Gasteiger partial charge in [0.1, 0.15) is 6.04 Å². The van der Waals surface area contributed by atoms with Crippen molar-refractivity contribution in [2.24, 2.45) is 0 Å². The van der Waals surface area contributed by atoms with E-state index in [1.807, 2.05) is 86.6 Å². The molecular formula is C33H34ClN5O3S. The molecule has 0 radical (unpaired) electrons. The van der Waals surface area contributed by atoms with E-state index >= 15 is 0 Å². The molecule has 0 spiro atoms. The van der Waals surface area contributed by atoms with E-state index in [4.69, 9.17) is 16.3 Å². The molecule has 5 rings (SSSR count). The van der Waals surface area contributed by atoms with Gasteiger partial charge in [-0.25, -0.2) is 9.97 Å². The number of hydrogen-bond donors (Lipinski definition) is 1. The Morgan fingerprint density at radius 2 is 1.60 bits per heavy atom. The van der Waals surface area contributed by atoms with Crippen molar-refractivity contribution < 1.29 is 14.3 Å². The van der Waals surface area contributed by atoms with Gasteiger partial charge in [-0.15, -0.1) is 0 Å². The summed E-state index contributed by atoms with van der Waals surface area (Å²) in [6.07, 6.45) is 0. The van der Waals surface area contributed by atoms with Crippen LogP contribution < -0.4 is 10.2 Å². The fourth-order valence-corrected chi connectivity index (χ4v) is 5.93. The molecule has 0 saturated carbocycles. The van der Waals surface area contributed by atoms with Gasteiger partial charge in [-0.2, -0.15) is 0 Å². The lowest BCUT2D eigenvalue weighted by Gasteiger charge is -2.32. The van der Waals surface area contributed by atoms with E-state index in [9.17, 15) is 9.59 Å². The number of thioether (sulfide) groups is 1. The largest absolute Gasteiger partial charge is 0.378 e. The molecule has 1 aliphatic rings. The van der Waals surface area contributed by atoms with E-state index in [1.54, 1.807) is 17.0 Å². The third-order valence-electron chi connectivity index (χ3n) is 7.06. The average Bonchev–Trinajstić information content (AvgIpc) is 3.01. The second kappa shape index (κ2) is 14.5. The van der Waals surface area contributed by atoms with Crippen molar-refractivity contribution in [2.45, 2.75) is 31.6 Å². The van der Waals surface area contributed by atoms with E-state index < -0.39 is 6.04 Å². The van der Waals surface area contributed by atoms with Crippen LogP contribution in [0.2, 0.25) is 5.02 Å². The minimum absolute atomic E-state index is 0.0708. The van der Waals surface area contributed by atoms with Crippen molar-refractivity contribution in [1.82, 2.24) is 14.9 Å². The molecule has 0 aliphatic carbocycles. The Morgan fingerprint density at radius 1 is 0.953 bits per heavy atom. The number of aryl methyl sites for hydroxylation is 2. The summed E-state index contributed by atoms with van der Waals surface area (Å²) in [6.45, 7) is 7.06. The molecule has 1 N–H and O–H groups in total. The summed E-state index contributed by atoms with van der Waals surface area (Å²) in [5, 5.41) is 4.19. The van der Waals surface area contributed by atoms with Gasteiger partial charge in [0.15, 0.2) is 5.16 Å². The number of nitrogens with zero attached hydrogens (tertiary/aromatic N) is 4. The summed E-state index contributed by atoms with van der Waals surface area (Å²) in [7, 11) is 0. The molecule has 3 aromatic carbocycles. The summed E-state index contributed by atoms with van der Waals surface area (Å²) >= 11 is 7.40. The maximum atomic E-state index is 14.1. The minimum Gasteiger partial charge on any atom is -0.378 e. The second-order valence-corrected chi connectivity index (χ2v) is 11.7. The molecule has 2 amide bonds. The molecular weight excluding hydrogens is 582 g/mol. The number of amides is 2. The number of hydrogen-bond acceptors (Lipinski definition) is 7. The monoisotopic (exact) mass is 615 g/mol. The van der Waals surface area contributed by atoms with Crippen LogP contribution in [0.4, 0.5) is 11.4 Å². The number of morpholine rings is 1. The lowest BCUT2D eigenvalue weighted by molar-refractivity contribution is -0.137. The fourth-order valence-electron chi connectivity index (χ4n) is 4.97. The zero-order valence-corrected chi connectivity index (χ0v) is 25.8. The predicted molar refractivity (Wildman–Crippen MR) is 172 cm³/mol. The molecule has 4 aromatic rings. The van der Waals surface area contributed by atoms with Crippen LogP contribution in [-0.4, -0.2) is 58.7 Å². The Labute approximate surface area is 261 Å². The number of ether oxygens (including phenoxy) is 1. The SMILES string of the molecule is Cc1cc(C)nc(SCC(=O)N(Cc2ccc(Cl)cc2)C(C(=O)Nc2ccc(N3CCOCC3)cc2)c2ccccc2)n1. The lowest BCUT2D eigenvalue weighted by atomic mass is 10.0. The highest BCUT2D eigenvalue weighted by Gasteiger charge is 2.32. The molecule has 222 valence electrons. The number of nitrogens with one attached hydrogen (secondary N) is 1. The summed E-state index contributed by atoms with van der Waals surface area (Å²) in [5.74, 6) is -0.448. The molecule has 2 heterocycles. The maximum absolute atomic E-state index is 14.1. The van der Waals surface area contributed by atoms with Crippen LogP contribution in [0.1, 0.15) is 28.6 Å². The molecule has 1 atom stereocenters. The number of halogens is 1. The van der Waals surface area contributed by atoms with Crippen molar-refractivity contribution in [3.05, 3.63) is 112 Å². The maximum Gasteiger partial charge on any atom is 0.251 e. The molecule has 1 fully saturated rings. The van der Waals surface area contributed by atoms with Crippen molar-refractivity contribution in [1.29, 1.82) is 0 Å².